The molecule has 0 spiro atoms. The molecule has 2 aromatic heterocycles. The van der Waals surface area contributed by atoms with Gasteiger partial charge in [0.15, 0.2) is 4.67 Å². The zero-order valence-corrected chi connectivity index (χ0v) is 13.6. The van der Waals surface area contributed by atoms with Crippen LogP contribution in [-0.4, -0.2) is 6.54 Å². The molecule has 0 aromatic carbocycles. The fourth-order valence-corrected chi connectivity index (χ4v) is 3.86. The molecule has 0 aliphatic heterocycles. The van der Waals surface area contributed by atoms with Gasteiger partial charge in [0.25, 0.3) is 0 Å². The smallest absolute Gasteiger partial charge is 0.169 e. The normalized spacial score (nSPS) is 12.9. The summed E-state index contributed by atoms with van der Waals surface area (Å²) < 4.78 is 7.58. The van der Waals surface area contributed by atoms with Crippen molar-refractivity contribution in [3.63, 3.8) is 0 Å². The summed E-state index contributed by atoms with van der Waals surface area (Å²) in [5.41, 5.74) is 1.27. The lowest BCUT2D eigenvalue weighted by atomic mass is 10.1. The summed E-state index contributed by atoms with van der Waals surface area (Å²) in [7, 11) is 0. The van der Waals surface area contributed by atoms with Crippen molar-refractivity contribution in [2.75, 3.05) is 6.54 Å². The van der Waals surface area contributed by atoms with Crippen molar-refractivity contribution in [2.45, 2.75) is 19.9 Å². The zero-order valence-electron chi connectivity index (χ0n) is 9.59. The van der Waals surface area contributed by atoms with Gasteiger partial charge in [-0.15, -0.1) is 11.3 Å². The molecule has 1 atom stereocenters. The maximum Gasteiger partial charge on any atom is 0.169 e. The summed E-state index contributed by atoms with van der Waals surface area (Å²) in [6.45, 7) is 5.13. The Bertz CT molecular complexity index is 506. The molecular weight excluding hydrogens is 366 g/mol. The molecular formula is C12H13Br2NOS. The second-order valence-electron chi connectivity index (χ2n) is 3.69. The van der Waals surface area contributed by atoms with Crippen LogP contribution in [0.15, 0.2) is 31.1 Å². The summed E-state index contributed by atoms with van der Waals surface area (Å²) >= 11 is 8.63. The van der Waals surface area contributed by atoms with Crippen molar-refractivity contribution in [3.05, 3.63) is 42.9 Å². The van der Waals surface area contributed by atoms with Crippen LogP contribution in [-0.2, 0) is 0 Å². The van der Waals surface area contributed by atoms with E-state index in [1.807, 2.05) is 12.1 Å². The van der Waals surface area contributed by atoms with Gasteiger partial charge in [0.1, 0.15) is 5.76 Å². The minimum Gasteiger partial charge on any atom is -0.452 e. The van der Waals surface area contributed by atoms with Crippen molar-refractivity contribution in [1.82, 2.24) is 5.32 Å². The largest absolute Gasteiger partial charge is 0.452 e. The molecule has 2 aromatic rings. The topological polar surface area (TPSA) is 25.2 Å². The predicted octanol–water partition coefficient (Wildman–Crippen LogP) is 4.87. The Morgan fingerprint density at radius 1 is 1.41 bits per heavy atom. The highest BCUT2D eigenvalue weighted by Crippen LogP contribution is 2.34. The van der Waals surface area contributed by atoms with Gasteiger partial charge in [-0.05, 0) is 69.1 Å². The lowest BCUT2D eigenvalue weighted by Gasteiger charge is -2.15. The molecule has 2 rings (SSSR count). The van der Waals surface area contributed by atoms with Crippen LogP contribution in [0, 0.1) is 6.92 Å². The Hall–Kier alpha value is -0.100. The highest BCUT2D eigenvalue weighted by Gasteiger charge is 2.20. The molecule has 0 bridgehead atoms. The predicted molar refractivity (Wildman–Crippen MR) is 78.7 cm³/mol. The fourth-order valence-electron chi connectivity index (χ4n) is 1.80. The lowest BCUT2D eigenvalue weighted by Crippen LogP contribution is -2.21. The molecule has 2 heterocycles. The molecule has 5 heteroatoms. The Morgan fingerprint density at radius 3 is 2.65 bits per heavy atom. The zero-order chi connectivity index (χ0) is 12.4. The Morgan fingerprint density at radius 2 is 2.18 bits per heavy atom. The summed E-state index contributed by atoms with van der Waals surface area (Å²) in [4.78, 5) is 1.30. The number of hydrogen-bond acceptors (Lipinski definition) is 3. The van der Waals surface area contributed by atoms with Gasteiger partial charge in [0.2, 0.25) is 0 Å². The van der Waals surface area contributed by atoms with Crippen molar-refractivity contribution < 1.29 is 4.42 Å². The van der Waals surface area contributed by atoms with E-state index in [2.05, 4.69) is 57.1 Å². The summed E-state index contributed by atoms with van der Waals surface area (Å²) in [6.07, 6.45) is 0. The molecule has 1 N–H and O–H groups in total. The van der Waals surface area contributed by atoms with E-state index < -0.39 is 0 Å². The Kier molecular flexibility index (Phi) is 4.47. The first-order valence-electron chi connectivity index (χ1n) is 5.36. The van der Waals surface area contributed by atoms with Gasteiger partial charge in [-0.1, -0.05) is 6.92 Å². The summed E-state index contributed by atoms with van der Waals surface area (Å²) in [5.74, 6) is 0.937. The van der Waals surface area contributed by atoms with E-state index in [1.54, 1.807) is 11.3 Å². The van der Waals surface area contributed by atoms with E-state index in [-0.39, 0.29) is 6.04 Å². The Balaban J connectivity index is 2.38. The monoisotopic (exact) mass is 377 g/mol. The second kappa shape index (κ2) is 5.69. The molecule has 0 aliphatic rings. The number of nitrogens with one attached hydrogen (secondary N) is 1. The highest BCUT2D eigenvalue weighted by atomic mass is 79.9. The van der Waals surface area contributed by atoms with Crippen molar-refractivity contribution in [2.24, 2.45) is 0 Å². The molecule has 0 saturated heterocycles. The van der Waals surface area contributed by atoms with Gasteiger partial charge < -0.3 is 9.73 Å². The first-order chi connectivity index (χ1) is 8.11. The maximum atomic E-state index is 5.66. The average molecular weight is 379 g/mol. The molecule has 1 unspecified atom stereocenters. The molecule has 0 radical (unpaired) electrons. The molecule has 17 heavy (non-hydrogen) atoms. The number of rotatable bonds is 4. The number of thiophene rings is 1. The van der Waals surface area contributed by atoms with Crippen molar-refractivity contribution >= 4 is 43.2 Å². The summed E-state index contributed by atoms with van der Waals surface area (Å²) in [5, 5.41) is 3.45. The average Bonchev–Trinajstić information content (AvgIpc) is 2.82. The second-order valence-corrected chi connectivity index (χ2v) is 7.11. The van der Waals surface area contributed by atoms with Gasteiger partial charge >= 0.3 is 0 Å². The number of furan rings is 1. The van der Waals surface area contributed by atoms with E-state index in [0.29, 0.717) is 0 Å². The Labute approximate surface area is 122 Å². The van der Waals surface area contributed by atoms with Crippen LogP contribution in [0.2, 0.25) is 0 Å². The summed E-state index contributed by atoms with van der Waals surface area (Å²) in [6, 6.07) is 6.21. The fraction of sp³-hybridized carbons (Fsp3) is 0.333. The van der Waals surface area contributed by atoms with Gasteiger partial charge in [-0.2, -0.15) is 0 Å². The van der Waals surface area contributed by atoms with Crippen LogP contribution < -0.4 is 5.32 Å². The highest BCUT2D eigenvalue weighted by molar-refractivity contribution is 9.11. The van der Waals surface area contributed by atoms with Crippen LogP contribution in [0.5, 0.6) is 0 Å². The van der Waals surface area contributed by atoms with Crippen LogP contribution in [0.4, 0.5) is 0 Å². The van der Waals surface area contributed by atoms with Gasteiger partial charge in [0, 0.05) is 4.88 Å². The van der Waals surface area contributed by atoms with Crippen molar-refractivity contribution in [1.29, 1.82) is 0 Å². The van der Waals surface area contributed by atoms with Crippen LogP contribution >= 0.6 is 43.2 Å². The van der Waals surface area contributed by atoms with Gasteiger partial charge in [-0.25, -0.2) is 0 Å². The first kappa shape index (κ1) is 13.3. The lowest BCUT2D eigenvalue weighted by molar-refractivity contribution is 0.437. The molecule has 92 valence electrons. The maximum absolute atomic E-state index is 5.66. The number of aryl methyl sites for hydroxylation is 1. The third-order valence-electron chi connectivity index (χ3n) is 2.52. The first-order valence-corrected chi connectivity index (χ1v) is 7.76. The molecule has 2 nitrogen and oxygen atoms in total. The number of halogens is 2. The van der Waals surface area contributed by atoms with E-state index in [1.165, 1.54) is 10.4 Å². The quantitative estimate of drug-likeness (QED) is 0.820. The number of hydrogen-bond donors (Lipinski definition) is 1. The van der Waals surface area contributed by atoms with Gasteiger partial charge in [-0.3, -0.25) is 0 Å². The minimum atomic E-state index is 0.119. The van der Waals surface area contributed by atoms with Crippen LogP contribution in [0.25, 0.3) is 0 Å². The molecule has 0 fully saturated rings. The standard InChI is InChI=1S/C12H13Br2NOS/c1-3-15-12(9-4-5-10(13)16-9)8-6-11(14)17-7(8)2/h4-6,12,15H,3H2,1-2H3. The molecule has 0 amide bonds. The van der Waals surface area contributed by atoms with Gasteiger partial charge in [0.05, 0.1) is 9.83 Å². The van der Waals surface area contributed by atoms with Crippen molar-refractivity contribution in [3.8, 4) is 0 Å². The van der Waals surface area contributed by atoms with E-state index in [0.717, 1.165) is 20.8 Å². The third-order valence-corrected chi connectivity index (χ3v) is 4.52. The third kappa shape index (κ3) is 3.02. The molecule has 0 aliphatic carbocycles. The van der Waals surface area contributed by atoms with Crippen LogP contribution in [0.1, 0.15) is 29.2 Å². The van der Waals surface area contributed by atoms with E-state index >= 15 is 0 Å². The van der Waals surface area contributed by atoms with E-state index in [9.17, 15) is 0 Å². The minimum absolute atomic E-state index is 0.119. The van der Waals surface area contributed by atoms with E-state index in [4.69, 9.17) is 4.42 Å². The SMILES string of the molecule is CCNC(c1ccc(Br)o1)c1cc(Br)sc1C. The van der Waals surface area contributed by atoms with Crippen LogP contribution in [0.3, 0.4) is 0 Å². The molecule has 0 saturated carbocycles.